The number of nitrogens with zero attached hydrogens (tertiary/aromatic N) is 1. The Bertz CT molecular complexity index is 220. The number of nitrogens with one attached hydrogen (secondary N) is 1. The van der Waals surface area contributed by atoms with Crippen LogP contribution in [0, 0.1) is 0 Å². The van der Waals surface area contributed by atoms with Gasteiger partial charge in [-0.2, -0.15) is 0 Å². The van der Waals surface area contributed by atoms with Gasteiger partial charge in [-0.15, -0.1) is 0 Å². The van der Waals surface area contributed by atoms with Crippen LogP contribution >= 0.6 is 11.6 Å². The molecule has 1 heterocycles. The predicted octanol–water partition coefficient (Wildman–Crippen LogP) is 2.02. The molecule has 0 spiro atoms. The van der Waals surface area contributed by atoms with Gasteiger partial charge in [0.05, 0.1) is 0 Å². The summed E-state index contributed by atoms with van der Waals surface area (Å²) < 4.78 is 0. The fourth-order valence-electron chi connectivity index (χ4n) is 0.810. The first-order valence-electron chi connectivity index (χ1n) is 3.52. The second-order valence-corrected chi connectivity index (χ2v) is 2.81. The maximum Gasteiger partial charge on any atom is 0.129 e. The highest BCUT2D eigenvalue weighted by atomic mass is 35.5. The smallest absolute Gasteiger partial charge is 0.129 e. The lowest BCUT2D eigenvalue weighted by molar-refractivity contribution is 0.649. The van der Waals surface area contributed by atoms with Gasteiger partial charge in [0.25, 0.3) is 0 Å². The lowest BCUT2D eigenvalue weighted by atomic mass is 10.1. The first-order chi connectivity index (χ1) is 5.24. The summed E-state index contributed by atoms with van der Waals surface area (Å²) in [6.45, 7) is 2.07. The SMILES string of the molecule is CNC(C)c1ccc(Cl)nc1. The Hall–Kier alpha value is -0.600. The molecule has 1 rings (SSSR count). The molecular weight excluding hydrogens is 160 g/mol. The van der Waals surface area contributed by atoms with Gasteiger partial charge in [0.15, 0.2) is 0 Å². The van der Waals surface area contributed by atoms with Crippen molar-refractivity contribution in [3.63, 3.8) is 0 Å². The topological polar surface area (TPSA) is 24.9 Å². The molecular formula is C8H11ClN2. The van der Waals surface area contributed by atoms with Gasteiger partial charge in [0, 0.05) is 12.2 Å². The predicted molar refractivity (Wildman–Crippen MR) is 46.7 cm³/mol. The standard InChI is InChI=1S/C8H11ClN2/c1-6(10-2)7-3-4-8(9)11-5-7/h3-6,10H,1-2H3. The van der Waals surface area contributed by atoms with Crippen molar-refractivity contribution in [3.8, 4) is 0 Å². The summed E-state index contributed by atoms with van der Waals surface area (Å²) in [7, 11) is 1.92. The minimum absolute atomic E-state index is 0.333. The number of rotatable bonds is 2. The summed E-state index contributed by atoms with van der Waals surface area (Å²) >= 11 is 5.63. The molecule has 1 aromatic rings. The molecule has 3 heteroatoms. The summed E-state index contributed by atoms with van der Waals surface area (Å²) in [4.78, 5) is 3.97. The van der Waals surface area contributed by atoms with Gasteiger partial charge in [0.1, 0.15) is 5.15 Å². The van der Waals surface area contributed by atoms with Crippen molar-refractivity contribution < 1.29 is 0 Å². The second kappa shape index (κ2) is 3.69. The third-order valence-electron chi connectivity index (χ3n) is 1.68. The number of halogens is 1. The van der Waals surface area contributed by atoms with Crippen LogP contribution in [0.2, 0.25) is 5.15 Å². The normalized spacial score (nSPS) is 13.0. The average Bonchev–Trinajstić information content (AvgIpc) is 2.05. The summed E-state index contributed by atoms with van der Waals surface area (Å²) in [5, 5.41) is 3.66. The molecule has 1 aromatic heterocycles. The van der Waals surface area contributed by atoms with Crippen LogP contribution in [0.25, 0.3) is 0 Å². The van der Waals surface area contributed by atoms with Crippen LogP contribution in [0.4, 0.5) is 0 Å². The third kappa shape index (κ3) is 2.17. The van der Waals surface area contributed by atoms with E-state index in [4.69, 9.17) is 11.6 Å². The number of pyridine rings is 1. The van der Waals surface area contributed by atoms with Crippen molar-refractivity contribution in [2.75, 3.05) is 7.05 Å². The molecule has 1 unspecified atom stereocenters. The molecule has 0 radical (unpaired) electrons. The van der Waals surface area contributed by atoms with E-state index in [0.29, 0.717) is 11.2 Å². The average molecular weight is 171 g/mol. The first kappa shape index (κ1) is 8.50. The van der Waals surface area contributed by atoms with Crippen LogP contribution in [0.1, 0.15) is 18.5 Å². The largest absolute Gasteiger partial charge is 0.313 e. The van der Waals surface area contributed by atoms with E-state index >= 15 is 0 Å². The van der Waals surface area contributed by atoms with Crippen molar-refractivity contribution in [3.05, 3.63) is 29.0 Å². The molecule has 0 fully saturated rings. The Labute approximate surface area is 71.6 Å². The lowest BCUT2D eigenvalue weighted by Crippen LogP contribution is -2.12. The Balaban J connectivity index is 2.81. The van der Waals surface area contributed by atoms with Gasteiger partial charge in [0.2, 0.25) is 0 Å². The number of hydrogen-bond donors (Lipinski definition) is 1. The molecule has 0 aliphatic heterocycles. The summed E-state index contributed by atoms with van der Waals surface area (Å²) in [5.74, 6) is 0. The summed E-state index contributed by atoms with van der Waals surface area (Å²) in [6.07, 6.45) is 1.78. The maximum atomic E-state index is 5.63. The monoisotopic (exact) mass is 170 g/mol. The Morgan fingerprint density at radius 2 is 2.27 bits per heavy atom. The van der Waals surface area contributed by atoms with Crippen LogP contribution in [0.3, 0.4) is 0 Å². The summed E-state index contributed by atoms with van der Waals surface area (Å²) in [5.41, 5.74) is 1.15. The van der Waals surface area contributed by atoms with Gasteiger partial charge in [-0.25, -0.2) is 4.98 Å². The molecule has 0 aliphatic rings. The molecule has 0 saturated carbocycles. The maximum absolute atomic E-state index is 5.63. The molecule has 0 saturated heterocycles. The zero-order valence-electron chi connectivity index (χ0n) is 6.63. The fraction of sp³-hybridized carbons (Fsp3) is 0.375. The van der Waals surface area contributed by atoms with Gasteiger partial charge >= 0.3 is 0 Å². The van der Waals surface area contributed by atoms with E-state index in [0.717, 1.165) is 5.56 Å². The molecule has 2 nitrogen and oxygen atoms in total. The van der Waals surface area contributed by atoms with E-state index in [9.17, 15) is 0 Å². The van der Waals surface area contributed by atoms with Crippen LogP contribution in [-0.2, 0) is 0 Å². The van der Waals surface area contributed by atoms with Crippen LogP contribution in [0.5, 0.6) is 0 Å². The Kier molecular flexibility index (Phi) is 2.85. The summed E-state index contributed by atoms with van der Waals surface area (Å²) in [6, 6.07) is 4.10. The molecule has 11 heavy (non-hydrogen) atoms. The molecule has 1 N–H and O–H groups in total. The van der Waals surface area contributed by atoms with Gasteiger partial charge in [-0.05, 0) is 25.6 Å². The molecule has 60 valence electrons. The van der Waals surface area contributed by atoms with E-state index in [1.54, 1.807) is 12.3 Å². The molecule has 0 aliphatic carbocycles. The minimum Gasteiger partial charge on any atom is -0.313 e. The van der Waals surface area contributed by atoms with Gasteiger partial charge in [-0.3, -0.25) is 0 Å². The molecule has 1 atom stereocenters. The van der Waals surface area contributed by atoms with Crippen molar-refractivity contribution in [1.82, 2.24) is 10.3 Å². The Morgan fingerprint density at radius 3 is 2.73 bits per heavy atom. The zero-order valence-corrected chi connectivity index (χ0v) is 7.39. The van der Waals surface area contributed by atoms with Crippen LogP contribution in [-0.4, -0.2) is 12.0 Å². The van der Waals surface area contributed by atoms with E-state index in [1.165, 1.54) is 0 Å². The second-order valence-electron chi connectivity index (χ2n) is 2.42. The van der Waals surface area contributed by atoms with E-state index in [2.05, 4.69) is 17.2 Å². The van der Waals surface area contributed by atoms with Crippen molar-refractivity contribution in [1.29, 1.82) is 0 Å². The van der Waals surface area contributed by atoms with E-state index in [1.807, 2.05) is 13.1 Å². The lowest BCUT2D eigenvalue weighted by Gasteiger charge is -2.08. The van der Waals surface area contributed by atoms with Crippen molar-refractivity contribution >= 4 is 11.6 Å². The highest BCUT2D eigenvalue weighted by Gasteiger charge is 2.00. The zero-order chi connectivity index (χ0) is 8.27. The molecule has 0 bridgehead atoms. The van der Waals surface area contributed by atoms with Gasteiger partial charge < -0.3 is 5.32 Å². The number of hydrogen-bond acceptors (Lipinski definition) is 2. The third-order valence-corrected chi connectivity index (χ3v) is 1.91. The van der Waals surface area contributed by atoms with Gasteiger partial charge in [-0.1, -0.05) is 17.7 Å². The first-order valence-corrected chi connectivity index (χ1v) is 3.90. The highest BCUT2D eigenvalue weighted by molar-refractivity contribution is 6.29. The Morgan fingerprint density at radius 1 is 1.55 bits per heavy atom. The van der Waals surface area contributed by atoms with Crippen molar-refractivity contribution in [2.45, 2.75) is 13.0 Å². The highest BCUT2D eigenvalue weighted by Crippen LogP contribution is 2.12. The van der Waals surface area contributed by atoms with Crippen LogP contribution in [0.15, 0.2) is 18.3 Å². The minimum atomic E-state index is 0.333. The van der Waals surface area contributed by atoms with Crippen molar-refractivity contribution in [2.24, 2.45) is 0 Å². The quantitative estimate of drug-likeness (QED) is 0.687. The fourth-order valence-corrected chi connectivity index (χ4v) is 0.922. The van der Waals surface area contributed by atoms with E-state index < -0.39 is 0 Å². The molecule has 0 amide bonds. The van der Waals surface area contributed by atoms with Crippen LogP contribution < -0.4 is 5.32 Å². The van der Waals surface area contributed by atoms with E-state index in [-0.39, 0.29) is 0 Å². The molecule has 0 aromatic carbocycles. The number of aromatic nitrogens is 1.